The first-order chi connectivity index (χ1) is 20.8. The van der Waals surface area contributed by atoms with Gasteiger partial charge in [0, 0.05) is 44.3 Å². The lowest BCUT2D eigenvalue weighted by molar-refractivity contribution is 0.215. The smallest absolute Gasteiger partial charge is 0.324 e. The van der Waals surface area contributed by atoms with Crippen molar-refractivity contribution in [3.8, 4) is 11.4 Å². The Hall–Kier alpha value is -4.50. The molecule has 0 atom stereocenters. The molecule has 2 aromatic carbocycles. The minimum atomic E-state index is -0.336. The van der Waals surface area contributed by atoms with E-state index in [0.717, 1.165) is 35.7 Å². The van der Waals surface area contributed by atoms with E-state index in [0.29, 0.717) is 18.1 Å². The molecular formula is C34H48N6O3. The molecule has 3 N–H and O–H groups in total. The Morgan fingerprint density at radius 3 is 2.16 bits per heavy atom. The van der Waals surface area contributed by atoms with Crippen LogP contribution >= 0.6 is 0 Å². The summed E-state index contributed by atoms with van der Waals surface area (Å²) in [5.74, 6) is 1.60. The molecule has 4 aromatic rings. The van der Waals surface area contributed by atoms with E-state index in [1.54, 1.807) is 24.2 Å². The van der Waals surface area contributed by atoms with Gasteiger partial charge < -0.3 is 20.2 Å². The minimum Gasteiger partial charge on any atom is -0.493 e. The minimum absolute atomic E-state index is 0.233. The number of nitrogens with zero attached hydrogens (tertiary/aromatic N) is 3. The molecule has 232 valence electrons. The highest BCUT2D eigenvalue weighted by Crippen LogP contribution is 2.25. The number of nitrogens with one attached hydrogen (secondary N) is 3. The highest BCUT2D eigenvalue weighted by molar-refractivity contribution is 5.99. The number of ether oxygens (including phenoxy) is 2. The van der Waals surface area contributed by atoms with Gasteiger partial charge in [0.25, 0.3) is 0 Å². The summed E-state index contributed by atoms with van der Waals surface area (Å²) in [6, 6.07) is 19.1. The van der Waals surface area contributed by atoms with Crippen molar-refractivity contribution in [3.63, 3.8) is 0 Å². The lowest BCUT2D eigenvalue weighted by Gasteiger charge is -2.13. The third-order valence-electron chi connectivity index (χ3n) is 5.95. The van der Waals surface area contributed by atoms with Gasteiger partial charge in [-0.15, -0.1) is 0 Å². The molecular weight excluding hydrogens is 540 g/mol. The van der Waals surface area contributed by atoms with Gasteiger partial charge in [-0.1, -0.05) is 45.4 Å². The summed E-state index contributed by atoms with van der Waals surface area (Å²) in [7, 11) is 1.68. The number of carbonyl (C=O) groups is 1. The molecule has 2 amide bonds. The maximum atomic E-state index is 12.8. The molecule has 43 heavy (non-hydrogen) atoms. The quantitative estimate of drug-likeness (QED) is 0.170. The van der Waals surface area contributed by atoms with Gasteiger partial charge in [0.1, 0.15) is 11.6 Å². The summed E-state index contributed by atoms with van der Waals surface area (Å²) in [4.78, 5) is 16.8. The van der Waals surface area contributed by atoms with E-state index in [1.807, 2.05) is 82.3 Å². The Balaban J connectivity index is 0.00000105. The lowest BCUT2D eigenvalue weighted by atomic mass is 10.1. The van der Waals surface area contributed by atoms with Crippen molar-refractivity contribution in [2.75, 3.05) is 31.0 Å². The number of urea groups is 1. The van der Waals surface area contributed by atoms with Gasteiger partial charge >= 0.3 is 6.03 Å². The number of carbonyl (C=O) groups excluding carboxylic acids is 1. The van der Waals surface area contributed by atoms with E-state index < -0.39 is 0 Å². The van der Waals surface area contributed by atoms with Crippen LogP contribution in [0.2, 0.25) is 0 Å². The Bertz CT molecular complexity index is 1340. The zero-order valence-electron chi connectivity index (χ0n) is 26.9. The number of rotatable bonds is 9. The predicted molar refractivity (Wildman–Crippen MR) is 178 cm³/mol. The van der Waals surface area contributed by atoms with Crippen LogP contribution in [0.3, 0.4) is 0 Å². The first kappa shape index (κ1) is 36.5. The molecule has 0 bridgehead atoms. The highest BCUT2D eigenvalue weighted by Gasteiger charge is 2.16. The van der Waals surface area contributed by atoms with Gasteiger partial charge in [-0.25, -0.2) is 9.48 Å². The molecule has 0 radical (unpaired) electrons. The summed E-state index contributed by atoms with van der Waals surface area (Å²) in [6.07, 6.45) is 4.36. The van der Waals surface area contributed by atoms with E-state index in [1.165, 1.54) is 11.1 Å². The maximum Gasteiger partial charge on any atom is 0.324 e. The highest BCUT2D eigenvalue weighted by atomic mass is 16.5. The van der Waals surface area contributed by atoms with Crippen LogP contribution in [0.4, 0.5) is 16.3 Å². The van der Waals surface area contributed by atoms with Crippen LogP contribution in [-0.4, -0.2) is 47.8 Å². The summed E-state index contributed by atoms with van der Waals surface area (Å²) in [5, 5.41) is 16.1. The van der Waals surface area contributed by atoms with E-state index in [9.17, 15) is 4.79 Å². The number of aromatic nitrogens is 3. The molecule has 4 rings (SSSR count). The van der Waals surface area contributed by atoms with E-state index in [-0.39, 0.29) is 11.9 Å². The maximum absolute atomic E-state index is 12.8. The molecule has 0 fully saturated rings. The third-order valence-corrected chi connectivity index (χ3v) is 5.95. The van der Waals surface area contributed by atoms with Crippen LogP contribution in [0.15, 0.2) is 73.1 Å². The summed E-state index contributed by atoms with van der Waals surface area (Å²) in [6.45, 7) is 18.1. The second kappa shape index (κ2) is 20.4. The van der Waals surface area contributed by atoms with Crippen LogP contribution < -0.4 is 15.4 Å². The number of benzene rings is 2. The average molecular weight is 589 g/mol. The van der Waals surface area contributed by atoms with Crippen molar-refractivity contribution in [2.45, 2.75) is 60.8 Å². The molecule has 0 saturated carbocycles. The third kappa shape index (κ3) is 12.5. The average Bonchev–Trinajstić information content (AvgIpc) is 3.44. The van der Waals surface area contributed by atoms with Crippen molar-refractivity contribution in [1.29, 1.82) is 5.41 Å². The van der Waals surface area contributed by atoms with Gasteiger partial charge in [0.05, 0.1) is 18.0 Å². The zero-order chi connectivity index (χ0) is 32.2. The molecule has 2 aromatic heterocycles. The Morgan fingerprint density at radius 1 is 0.977 bits per heavy atom. The second-order valence-corrected chi connectivity index (χ2v) is 9.45. The lowest BCUT2D eigenvalue weighted by Crippen LogP contribution is -2.21. The van der Waals surface area contributed by atoms with E-state index in [2.05, 4.69) is 53.9 Å². The number of hydrogen-bond acceptors (Lipinski definition) is 6. The molecule has 0 saturated heterocycles. The first-order valence-electron chi connectivity index (χ1n) is 14.5. The largest absolute Gasteiger partial charge is 0.493 e. The van der Waals surface area contributed by atoms with Gasteiger partial charge in [-0.05, 0) is 87.0 Å². The number of anilines is 2. The molecule has 2 heterocycles. The van der Waals surface area contributed by atoms with Gasteiger partial charge in [-0.2, -0.15) is 5.10 Å². The number of methoxy groups -OCH3 is 1. The van der Waals surface area contributed by atoms with Crippen molar-refractivity contribution in [1.82, 2.24) is 14.8 Å². The van der Waals surface area contributed by atoms with Crippen LogP contribution in [0.1, 0.15) is 62.9 Å². The van der Waals surface area contributed by atoms with E-state index in [4.69, 9.17) is 15.2 Å². The van der Waals surface area contributed by atoms with Gasteiger partial charge in [0.15, 0.2) is 0 Å². The molecule has 9 heteroatoms. The van der Waals surface area contributed by atoms with Gasteiger partial charge in [-0.3, -0.25) is 10.3 Å². The Kier molecular flexibility index (Phi) is 17.3. The molecule has 0 aliphatic heterocycles. The fourth-order valence-corrected chi connectivity index (χ4v) is 3.75. The van der Waals surface area contributed by atoms with Crippen molar-refractivity contribution < 1.29 is 14.3 Å². The number of aryl methyl sites for hydroxylation is 2. The van der Waals surface area contributed by atoms with Crippen LogP contribution in [0.25, 0.3) is 5.69 Å². The molecule has 0 unspecified atom stereocenters. The molecule has 0 aliphatic rings. The number of amides is 2. The summed E-state index contributed by atoms with van der Waals surface area (Å²) in [5.41, 5.74) is 5.96. The predicted octanol–water partition coefficient (Wildman–Crippen LogP) is 8.22. The molecule has 0 spiro atoms. The standard InChI is InChI=1S/C28H31N5O2.C3H8O.C2H6.CH3N/c1-19(2)25-18-27(33(32-25)26-10-5-20(3)17-21(26)4)31-28(34)30-23-6-8-24(9-7-23)35-16-13-22-11-14-29-15-12-22;1-3-4-2;2*1-2/h5-12,14-15,17-19H,13,16H2,1-4H3,(H2,30,31,34);3H2,1-2H3;1-2H3;2H,1H2. The van der Waals surface area contributed by atoms with Crippen molar-refractivity contribution in [3.05, 3.63) is 95.4 Å². The molecule has 9 nitrogen and oxygen atoms in total. The Morgan fingerprint density at radius 2 is 1.60 bits per heavy atom. The topological polar surface area (TPSA) is 114 Å². The summed E-state index contributed by atoms with van der Waals surface area (Å²) < 4.78 is 12.2. The Labute approximate surface area is 257 Å². The van der Waals surface area contributed by atoms with Gasteiger partial charge in [0.2, 0.25) is 0 Å². The first-order valence-corrected chi connectivity index (χ1v) is 14.5. The fraction of sp³-hybridized carbons (Fsp3) is 0.353. The normalized spacial score (nSPS) is 9.79. The zero-order valence-corrected chi connectivity index (χ0v) is 26.9. The van der Waals surface area contributed by atoms with Crippen molar-refractivity contribution >= 4 is 24.3 Å². The SMILES string of the molecule is C=N.CC.CCOC.Cc1ccc(-n2nc(C(C)C)cc2NC(=O)Nc2ccc(OCCc3ccncc3)cc2)c(C)c1. The van der Waals surface area contributed by atoms with Crippen LogP contribution in [0.5, 0.6) is 5.75 Å². The van der Waals surface area contributed by atoms with Crippen LogP contribution in [0, 0.1) is 19.3 Å². The summed E-state index contributed by atoms with van der Waals surface area (Å²) >= 11 is 0. The fourth-order valence-electron chi connectivity index (χ4n) is 3.75. The number of hydrogen-bond donors (Lipinski definition) is 3. The van der Waals surface area contributed by atoms with Crippen molar-refractivity contribution in [2.24, 2.45) is 0 Å². The van der Waals surface area contributed by atoms with Crippen LogP contribution in [-0.2, 0) is 11.2 Å². The van der Waals surface area contributed by atoms with E-state index >= 15 is 0 Å². The molecule has 0 aliphatic carbocycles. The monoisotopic (exact) mass is 588 g/mol. The second-order valence-electron chi connectivity index (χ2n) is 9.45. The number of pyridine rings is 1.